The zero-order chi connectivity index (χ0) is 31.7. The standard InChI is InChI=1S/C32H41F6NO3S/c1-39(19-9-21-43(41,42)20-8-17-31(34,35)32(36,37)38)18-5-3-2-4-13-30-28(24-10-6-12-26(33)22-24)14-7-11-25-23-27(40)15-16-29(25)30/h6,10,12,15-16,22-23,40H,2-5,7-9,11,13-14,17-21H2,1H3. The summed E-state index contributed by atoms with van der Waals surface area (Å²) in [5, 5.41) is 10.0. The highest BCUT2D eigenvalue weighted by Crippen LogP contribution is 2.40. The number of hydrogen-bond acceptors (Lipinski definition) is 4. The van der Waals surface area contributed by atoms with Crippen LogP contribution in [0.1, 0.15) is 80.9 Å². The number of phenols is 1. The van der Waals surface area contributed by atoms with Crippen molar-refractivity contribution in [1.29, 1.82) is 0 Å². The van der Waals surface area contributed by atoms with Crippen molar-refractivity contribution in [1.82, 2.24) is 4.90 Å². The maximum Gasteiger partial charge on any atom is 0.453 e. The first-order valence-electron chi connectivity index (χ1n) is 14.8. The van der Waals surface area contributed by atoms with E-state index in [0.717, 1.165) is 80.2 Å². The zero-order valence-corrected chi connectivity index (χ0v) is 25.4. The van der Waals surface area contributed by atoms with Gasteiger partial charge in [0.05, 0.1) is 11.5 Å². The molecular formula is C32H41F6NO3S. The van der Waals surface area contributed by atoms with Crippen molar-refractivity contribution >= 4 is 21.0 Å². The second-order valence-electron chi connectivity index (χ2n) is 11.4. The number of phenolic OH excluding ortho intramolecular Hbond substituents is 1. The van der Waals surface area contributed by atoms with Crippen LogP contribution in [0.4, 0.5) is 26.3 Å². The lowest BCUT2D eigenvalue weighted by Crippen LogP contribution is -2.36. The molecule has 240 valence electrons. The number of sulfone groups is 1. The predicted molar refractivity (Wildman–Crippen MR) is 158 cm³/mol. The summed E-state index contributed by atoms with van der Waals surface area (Å²) in [6.07, 6.45) is -0.496. The second-order valence-corrected chi connectivity index (χ2v) is 13.7. The SMILES string of the molecule is CN(CCCCCCC1=C(c2cccc(F)c2)CCCc2cc(O)ccc21)CCCS(=O)(=O)CCCC(F)(F)C(F)(F)F. The molecule has 2 aromatic carbocycles. The summed E-state index contributed by atoms with van der Waals surface area (Å²) < 4.78 is 101. The summed E-state index contributed by atoms with van der Waals surface area (Å²) in [7, 11) is -1.84. The van der Waals surface area contributed by atoms with E-state index in [-0.39, 0.29) is 23.7 Å². The Morgan fingerprint density at radius 1 is 0.860 bits per heavy atom. The van der Waals surface area contributed by atoms with Gasteiger partial charge in [0.15, 0.2) is 0 Å². The predicted octanol–water partition coefficient (Wildman–Crippen LogP) is 8.44. The third-order valence-electron chi connectivity index (χ3n) is 7.90. The minimum absolute atomic E-state index is 0.236. The molecule has 2 aromatic rings. The van der Waals surface area contributed by atoms with Crippen LogP contribution in [0.3, 0.4) is 0 Å². The fourth-order valence-corrected chi connectivity index (χ4v) is 6.95. The molecular weight excluding hydrogens is 592 g/mol. The van der Waals surface area contributed by atoms with Crippen LogP contribution in [0.5, 0.6) is 5.75 Å². The first kappa shape index (κ1) is 35.0. The molecule has 0 spiro atoms. The Kier molecular flexibility index (Phi) is 12.6. The average Bonchev–Trinajstić information content (AvgIpc) is 3.08. The van der Waals surface area contributed by atoms with Crippen LogP contribution >= 0.6 is 0 Å². The van der Waals surface area contributed by atoms with Gasteiger partial charge < -0.3 is 10.0 Å². The van der Waals surface area contributed by atoms with Crippen LogP contribution in [-0.2, 0) is 16.3 Å². The Morgan fingerprint density at radius 3 is 2.28 bits per heavy atom. The van der Waals surface area contributed by atoms with Crippen molar-refractivity contribution in [2.24, 2.45) is 0 Å². The maximum absolute atomic E-state index is 14.1. The van der Waals surface area contributed by atoms with Crippen LogP contribution < -0.4 is 0 Å². The van der Waals surface area contributed by atoms with E-state index in [2.05, 4.69) is 0 Å². The minimum Gasteiger partial charge on any atom is -0.508 e. The fourth-order valence-electron chi connectivity index (χ4n) is 5.59. The van der Waals surface area contributed by atoms with Crippen molar-refractivity contribution in [3.8, 4) is 5.75 Å². The number of halogens is 6. The van der Waals surface area contributed by atoms with E-state index in [1.54, 1.807) is 18.2 Å². The highest BCUT2D eigenvalue weighted by Gasteiger charge is 2.56. The van der Waals surface area contributed by atoms with Gasteiger partial charge >= 0.3 is 12.1 Å². The van der Waals surface area contributed by atoms with Crippen LogP contribution in [-0.4, -0.2) is 62.2 Å². The first-order valence-corrected chi connectivity index (χ1v) is 16.6. The minimum atomic E-state index is -5.67. The van der Waals surface area contributed by atoms with Gasteiger partial charge in [0.1, 0.15) is 21.4 Å². The van der Waals surface area contributed by atoms with Crippen LogP contribution in [0.15, 0.2) is 42.5 Å². The quantitative estimate of drug-likeness (QED) is 0.149. The van der Waals surface area contributed by atoms with Crippen LogP contribution in [0.25, 0.3) is 11.1 Å². The van der Waals surface area contributed by atoms with E-state index in [1.807, 2.05) is 30.1 Å². The number of aromatic hydroxyl groups is 1. The Labute approximate surface area is 250 Å². The molecule has 0 unspecified atom stereocenters. The lowest BCUT2D eigenvalue weighted by Gasteiger charge is -2.19. The second kappa shape index (κ2) is 15.5. The highest BCUT2D eigenvalue weighted by molar-refractivity contribution is 7.91. The first-order chi connectivity index (χ1) is 20.2. The summed E-state index contributed by atoms with van der Waals surface area (Å²) in [6.45, 7) is 1.22. The van der Waals surface area contributed by atoms with Gasteiger partial charge in [0.25, 0.3) is 0 Å². The van der Waals surface area contributed by atoms with E-state index >= 15 is 0 Å². The fraction of sp³-hybridized carbons (Fsp3) is 0.562. The third kappa shape index (κ3) is 10.8. The number of allylic oxidation sites excluding steroid dienone is 2. The number of aryl methyl sites for hydroxylation is 1. The number of hydrogen-bond donors (Lipinski definition) is 1. The molecule has 0 atom stereocenters. The molecule has 1 aliphatic carbocycles. The van der Waals surface area contributed by atoms with Gasteiger partial charge in [0, 0.05) is 6.42 Å². The third-order valence-corrected chi connectivity index (χ3v) is 9.72. The molecule has 0 heterocycles. The lowest BCUT2D eigenvalue weighted by atomic mass is 9.89. The van der Waals surface area contributed by atoms with Crippen molar-refractivity contribution in [3.63, 3.8) is 0 Å². The molecule has 0 saturated carbocycles. The molecule has 0 aliphatic heterocycles. The number of fused-ring (bicyclic) bond motifs is 1. The van der Waals surface area contributed by atoms with Gasteiger partial charge in [-0.3, -0.25) is 0 Å². The molecule has 0 fully saturated rings. The summed E-state index contributed by atoms with van der Waals surface area (Å²) in [5.41, 5.74) is 5.44. The van der Waals surface area contributed by atoms with Gasteiger partial charge in [-0.15, -0.1) is 0 Å². The van der Waals surface area contributed by atoms with Crippen molar-refractivity contribution in [2.45, 2.75) is 82.7 Å². The van der Waals surface area contributed by atoms with Crippen molar-refractivity contribution < 1.29 is 39.9 Å². The monoisotopic (exact) mass is 633 g/mol. The molecule has 3 rings (SSSR count). The molecule has 0 bridgehead atoms. The van der Waals surface area contributed by atoms with Crippen molar-refractivity contribution in [2.75, 3.05) is 31.6 Å². The van der Waals surface area contributed by atoms with Crippen LogP contribution in [0.2, 0.25) is 0 Å². The van der Waals surface area contributed by atoms with Gasteiger partial charge in [-0.1, -0.05) is 31.0 Å². The normalized spacial score (nSPS) is 14.7. The molecule has 1 aliphatic rings. The van der Waals surface area contributed by atoms with Gasteiger partial charge in [-0.2, -0.15) is 22.0 Å². The van der Waals surface area contributed by atoms with Gasteiger partial charge in [-0.25, -0.2) is 12.8 Å². The van der Waals surface area contributed by atoms with Crippen molar-refractivity contribution in [3.05, 3.63) is 65.0 Å². The molecule has 43 heavy (non-hydrogen) atoms. The van der Waals surface area contributed by atoms with E-state index in [0.29, 0.717) is 6.54 Å². The summed E-state index contributed by atoms with van der Waals surface area (Å²) >= 11 is 0. The Bertz CT molecular complexity index is 1340. The topological polar surface area (TPSA) is 57.6 Å². The molecule has 1 N–H and O–H groups in total. The molecule has 4 nitrogen and oxygen atoms in total. The van der Waals surface area contributed by atoms with E-state index in [1.165, 1.54) is 11.6 Å². The molecule has 0 radical (unpaired) electrons. The zero-order valence-electron chi connectivity index (χ0n) is 24.5. The number of unbranched alkanes of at least 4 members (excludes halogenated alkanes) is 3. The van der Waals surface area contributed by atoms with Gasteiger partial charge in [-0.05, 0) is 124 Å². The maximum atomic E-state index is 14.1. The highest BCUT2D eigenvalue weighted by atomic mass is 32.2. The Balaban J connectivity index is 1.43. The van der Waals surface area contributed by atoms with Crippen LogP contribution in [0, 0.1) is 5.82 Å². The number of rotatable bonds is 16. The van der Waals surface area contributed by atoms with E-state index < -0.39 is 40.5 Å². The van der Waals surface area contributed by atoms with Gasteiger partial charge in [0.2, 0.25) is 0 Å². The molecule has 0 amide bonds. The van der Waals surface area contributed by atoms with E-state index in [9.17, 15) is 39.9 Å². The van der Waals surface area contributed by atoms with E-state index in [4.69, 9.17) is 0 Å². The Morgan fingerprint density at radius 2 is 1.56 bits per heavy atom. The summed E-state index contributed by atoms with van der Waals surface area (Å²) in [5.74, 6) is -5.86. The summed E-state index contributed by atoms with van der Waals surface area (Å²) in [4.78, 5) is 1.99. The smallest absolute Gasteiger partial charge is 0.453 e. The largest absolute Gasteiger partial charge is 0.508 e. The number of alkyl halides is 5. The molecule has 0 aromatic heterocycles. The lowest BCUT2D eigenvalue weighted by molar-refractivity contribution is -0.284. The Hall–Kier alpha value is -2.53. The molecule has 11 heteroatoms. The number of benzene rings is 2. The number of nitrogens with zero attached hydrogens (tertiary/aromatic N) is 1. The summed E-state index contributed by atoms with van der Waals surface area (Å²) in [6, 6.07) is 12.2. The molecule has 0 saturated heterocycles. The average molecular weight is 634 g/mol.